The zero-order chi connectivity index (χ0) is 27.9. The molecule has 198 valence electrons. The number of hydrogen-bond acceptors (Lipinski definition) is 6. The lowest BCUT2D eigenvalue weighted by molar-refractivity contribution is -0.118. The first-order valence-corrected chi connectivity index (χ1v) is 14.0. The second kappa shape index (κ2) is 10.1. The number of carbonyl (C=O) groups excluding carboxylic acids is 1. The highest BCUT2D eigenvalue weighted by molar-refractivity contribution is 7.90. The number of nitrogens with zero attached hydrogens (tertiary/aromatic N) is 2. The van der Waals surface area contributed by atoms with E-state index in [4.69, 9.17) is 16.6 Å². The topological polar surface area (TPSA) is 138 Å². The highest BCUT2D eigenvalue weighted by Crippen LogP contribution is 2.36. The van der Waals surface area contributed by atoms with Crippen molar-refractivity contribution < 1.29 is 13.2 Å². The molecule has 3 aromatic carbocycles. The average molecular weight is 570 g/mol. The van der Waals surface area contributed by atoms with Crippen molar-refractivity contribution in [3.63, 3.8) is 0 Å². The number of fused-ring (bicyclic) bond motifs is 2. The summed E-state index contributed by atoms with van der Waals surface area (Å²) in [5.41, 5.74) is 3.58. The summed E-state index contributed by atoms with van der Waals surface area (Å²) in [4.78, 5) is 33.1. The van der Waals surface area contributed by atoms with E-state index in [0.29, 0.717) is 27.3 Å². The molecular formula is C29H20ClN5O4S. The van der Waals surface area contributed by atoms with Crippen LogP contribution in [0.3, 0.4) is 0 Å². The smallest absolute Gasteiger partial charge is 0.264 e. The van der Waals surface area contributed by atoms with Crippen molar-refractivity contribution in [1.29, 1.82) is 0 Å². The summed E-state index contributed by atoms with van der Waals surface area (Å²) in [6.45, 7) is 0. The van der Waals surface area contributed by atoms with Crippen LogP contribution in [0.25, 0.3) is 44.3 Å². The van der Waals surface area contributed by atoms with Gasteiger partial charge in [0.15, 0.2) is 0 Å². The number of nitrogens with one attached hydrogen (secondary N) is 3. The molecule has 40 heavy (non-hydrogen) atoms. The number of hydrogen-bond donors (Lipinski definition) is 3. The summed E-state index contributed by atoms with van der Waals surface area (Å²) in [7, 11) is -4.08. The van der Waals surface area contributed by atoms with Crippen LogP contribution in [0.1, 0.15) is 5.56 Å². The van der Waals surface area contributed by atoms with Gasteiger partial charge in [0, 0.05) is 27.5 Å². The number of sulfonamides is 1. The van der Waals surface area contributed by atoms with Gasteiger partial charge in [-0.15, -0.1) is 0 Å². The SMILES string of the molecule is O=C(Cc1cc2cc(-c3cc(Cl)c4[nH]ncc4c3)c(-c3ccccc3)nc2[nH]c1=O)NS(=O)(=O)c1ccccc1. The molecule has 3 heterocycles. The fourth-order valence-electron chi connectivity index (χ4n) is 4.53. The number of amides is 1. The second-order valence-corrected chi connectivity index (χ2v) is 11.2. The van der Waals surface area contributed by atoms with Crippen molar-refractivity contribution in [3.05, 3.63) is 112 Å². The zero-order valence-corrected chi connectivity index (χ0v) is 22.3. The van der Waals surface area contributed by atoms with E-state index >= 15 is 0 Å². The molecule has 6 aromatic rings. The number of rotatable bonds is 6. The van der Waals surface area contributed by atoms with Crippen LogP contribution < -0.4 is 10.3 Å². The average Bonchev–Trinajstić information content (AvgIpc) is 3.43. The summed E-state index contributed by atoms with van der Waals surface area (Å²) in [6, 6.07) is 24.2. The maximum atomic E-state index is 12.9. The van der Waals surface area contributed by atoms with E-state index in [0.717, 1.165) is 22.1 Å². The van der Waals surface area contributed by atoms with Gasteiger partial charge in [-0.3, -0.25) is 14.7 Å². The third-order valence-electron chi connectivity index (χ3n) is 6.42. The van der Waals surface area contributed by atoms with Crippen molar-refractivity contribution in [3.8, 4) is 22.4 Å². The highest BCUT2D eigenvalue weighted by atomic mass is 35.5. The maximum Gasteiger partial charge on any atom is 0.264 e. The minimum atomic E-state index is -4.08. The van der Waals surface area contributed by atoms with Crippen LogP contribution in [0.4, 0.5) is 0 Å². The van der Waals surface area contributed by atoms with E-state index in [1.807, 2.05) is 53.3 Å². The van der Waals surface area contributed by atoms with Gasteiger partial charge in [0.25, 0.3) is 15.6 Å². The number of H-pyrrole nitrogens is 2. The summed E-state index contributed by atoms with van der Waals surface area (Å²) in [5.74, 6) is -0.833. The molecule has 0 aliphatic heterocycles. The largest absolute Gasteiger partial charge is 0.306 e. The molecule has 3 aromatic heterocycles. The lowest BCUT2D eigenvalue weighted by Gasteiger charge is -2.13. The summed E-state index contributed by atoms with van der Waals surface area (Å²) in [5, 5.41) is 8.83. The lowest BCUT2D eigenvalue weighted by Crippen LogP contribution is -2.33. The van der Waals surface area contributed by atoms with Crippen molar-refractivity contribution in [2.75, 3.05) is 0 Å². The first kappa shape index (κ1) is 25.5. The molecule has 0 aliphatic carbocycles. The molecule has 9 nitrogen and oxygen atoms in total. The standard InChI is InChI=1S/C29H20ClN5O4S/c30-24-14-18(11-21-16-31-34-27(21)24)23-13-19-12-20(15-25(36)35-40(38,39)22-9-5-2-6-10-22)29(37)33-28(19)32-26(23)17-7-3-1-4-8-17/h1-14,16H,15H2,(H,31,34)(H,35,36)(H,32,33,37). The number of pyridine rings is 2. The van der Waals surface area contributed by atoms with Gasteiger partial charge in [-0.2, -0.15) is 5.10 Å². The van der Waals surface area contributed by atoms with E-state index in [9.17, 15) is 18.0 Å². The van der Waals surface area contributed by atoms with Crippen molar-refractivity contribution in [1.82, 2.24) is 24.9 Å². The molecule has 0 bridgehead atoms. The lowest BCUT2D eigenvalue weighted by atomic mass is 9.97. The molecular weight excluding hydrogens is 550 g/mol. The fourth-order valence-corrected chi connectivity index (χ4v) is 5.81. The Hall–Kier alpha value is -4.80. The molecule has 3 N–H and O–H groups in total. The van der Waals surface area contributed by atoms with E-state index in [1.54, 1.807) is 30.5 Å². The van der Waals surface area contributed by atoms with Crippen LogP contribution in [0.5, 0.6) is 0 Å². The van der Waals surface area contributed by atoms with E-state index in [2.05, 4.69) is 15.2 Å². The Labute approximate surface area is 232 Å². The van der Waals surface area contributed by atoms with E-state index < -0.39 is 27.9 Å². The van der Waals surface area contributed by atoms with Crippen LogP contribution >= 0.6 is 11.6 Å². The Bertz CT molecular complexity index is 2080. The van der Waals surface area contributed by atoms with Crippen LogP contribution in [0.15, 0.2) is 101 Å². The number of aromatic nitrogens is 4. The van der Waals surface area contributed by atoms with Gasteiger partial charge in [-0.1, -0.05) is 60.1 Å². The predicted molar refractivity (Wildman–Crippen MR) is 153 cm³/mol. The zero-order valence-electron chi connectivity index (χ0n) is 20.7. The molecule has 0 spiro atoms. The normalized spacial score (nSPS) is 11.6. The second-order valence-electron chi connectivity index (χ2n) is 9.12. The first-order chi connectivity index (χ1) is 19.3. The predicted octanol–water partition coefficient (Wildman–Crippen LogP) is 4.83. The number of halogens is 1. The Balaban J connectivity index is 1.43. The van der Waals surface area contributed by atoms with Gasteiger partial charge >= 0.3 is 0 Å². The van der Waals surface area contributed by atoms with Gasteiger partial charge in [-0.25, -0.2) is 18.1 Å². The van der Waals surface area contributed by atoms with Crippen molar-refractivity contribution in [2.45, 2.75) is 11.3 Å². The van der Waals surface area contributed by atoms with Crippen molar-refractivity contribution >= 4 is 49.5 Å². The van der Waals surface area contributed by atoms with Gasteiger partial charge in [0.1, 0.15) is 5.65 Å². The van der Waals surface area contributed by atoms with Gasteiger partial charge < -0.3 is 4.98 Å². The monoisotopic (exact) mass is 569 g/mol. The molecule has 0 atom stereocenters. The number of carbonyl (C=O) groups is 1. The van der Waals surface area contributed by atoms with Crippen LogP contribution in [-0.4, -0.2) is 34.5 Å². The minimum absolute atomic E-state index is 0.0497. The molecule has 0 fully saturated rings. The molecule has 6 rings (SSSR count). The minimum Gasteiger partial charge on any atom is -0.306 e. The summed E-state index contributed by atoms with van der Waals surface area (Å²) in [6.07, 6.45) is 1.24. The Morgan fingerprint density at radius 3 is 2.38 bits per heavy atom. The third-order valence-corrected chi connectivity index (χ3v) is 8.10. The quantitative estimate of drug-likeness (QED) is 0.262. The molecule has 1 amide bonds. The molecule has 0 aliphatic rings. The fraction of sp³-hybridized carbons (Fsp3) is 0.0345. The molecule has 0 radical (unpaired) electrons. The summed E-state index contributed by atoms with van der Waals surface area (Å²) >= 11 is 6.54. The number of aromatic amines is 2. The van der Waals surface area contributed by atoms with Gasteiger partial charge in [0.05, 0.1) is 33.7 Å². The molecule has 0 saturated heterocycles. The highest BCUT2D eigenvalue weighted by Gasteiger charge is 2.20. The van der Waals surface area contributed by atoms with Crippen molar-refractivity contribution in [2.24, 2.45) is 0 Å². The molecule has 0 saturated carbocycles. The van der Waals surface area contributed by atoms with Gasteiger partial charge in [0.2, 0.25) is 5.91 Å². The Morgan fingerprint density at radius 1 is 0.900 bits per heavy atom. The molecule has 0 unspecified atom stereocenters. The Kier molecular flexibility index (Phi) is 6.41. The maximum absolute atomic E-state index is 12.9. The first-order valence-electron chi connectivity index (χ1n) is 12.1. The van der Waals surface area contributed by atoms with E-state index in [-0.39, 0.29) is 10.5 Å². The van der Waals surface area contributed by atoms with Crippen LogP contribution in [0.2, 0.25) is 5.02 Å². The van der Waals surface area contributed by atoms with Gasteiger partial charge in [-0.05, 0) is 42.0 Å². The van der Waals surface area contributed by atoms with Crippen LogP contribution in [-0.2, 0) is 21.2 Å². The number of benzene rings is 3. The summed E-state index contributed by atoms with van der Waals surface area (Å²) < 4.78 is 27.1. The Morgan fingerprint density at radius 2 is 1.62 bits per heavy atom. The molecule has 11 heteroatoms. The third kappa shape index (κ3) is 4.86. The van der Waals surface area contributed by atoms with E-state index in [1.165, 1.54) is 12.1 Å². The van der Waals surface area contributed by atoms with Crippen LogP contribution in [0, 0.1) is 0 Å².